The average Bonchev–Trinajstić information content (AvgIpc) is 3.65. The molecule has 0 amide bonds. The van der Waals surface area contributed by atoms with Crippen LogP contribution < -0.4 is 10.6 Å². The fourth-order valence-corrected chi connectivity index (χ4v) is 7.18. The second kappa shape index (κ2) is 9.28. The van der Waals surface area contributed by atoms with Gasteiger partial charge in [0.15, 0.2) is 5.84 Å². The minimum absolute atomic E-state index is 0.334. The Balaban J connectivity index is 1.16. The summed E-state index contributed by atoms with van der Waals surface area (Å²) in [7, 11) is 0. The molecular formula is C40H26N4O. The Hall–Kier alpha value is -5.94. The molecule has 7 aromatic rings. The van der Waals surface area contributed by atoms with Crippen molar-refractivity contribution >= 4 is 56.1 Å². The number of fused-ring (bicyclic) bond motifs is 7. The van der Waals surface area contributed by atoms with Crippen LogP contribution in [0.1, 0.15) is 28.4 Å². The average molecular weight is 579 g/mol. The second-order valence-electron chi connectivity index (χ2n) is 11.8. The molecule has 1 atom stereocenters. The molecule has 5 nitrogen and oxygen atoms in total. The van der Waals surface area contributed by atoms with E-state index in [-0.39, 0.29) is 6.17 Å². The van der Waals surface area contributed by atoms with E-state index in [1.807, 2.05) is 12.1 Å². The predicted octanol–water partition coefficient (Wildman–Crippen LogP) is 9.32. The van der Waals surface area contributed by atoms with Crippen LogP contribution in [-0.4, -0.2) is 18.2 Å². The standard InChI is InChI=1S/C40H26N4O/c1-2-8-25-21-26(17-16-23(25)7-1)37-42-38(27-18-19-28-29-11-3-9-24-10-4-12-30(35(24)29)33(28)22-27)44-39(43-37)31-13-5-15-34-36(31)32-14-6-20-41-40(32)45-34/h1-19,21-22,38,41H,20H2,(H,42,43,44). The highest BCUT2D eigenvalue weighted by Crippen LogP contribution is 2.48. The second-order valence-corrected chi connectivity index (χ2v) is 11.8. The number of rotatable bonds is 3. The van der Waals surface area contributed by atoms with Gasteiger partial charge in [-0.2, -0.15) is 0 Å². The van der Waals surface area contributed by atoms with E-state index in [1.165, 1.54) is 43.8 Å². The lowest BCUT2D eigenvalue weighted by Crippen LogP contribution is -2.33. The summed E-state index contributed by atoms with van der Waals surface area (Å²) in [6, 6.07) is 41.0. The third kappa shape index (κ3) is 3.67. The third-order valence-electron chi connectivity index (χ3n) is 9.27. The Morgan fingerprint density at radius 3 is 2.36 bits per heavy atom. The number of anilines is 1. The fraction of sp³-hybridized carbons (Fsp3) is 0.0500. The maximum atomic E-state index is 6.22. The Bertz CT molecular complexity index is 2480. The van der Waals surface area contributed by atoms with Crippen LogP contribution in [-0.2, 0) is 0 Å². The molecule has 212 valence electrons. The first kappa shape index (κ1) is 24.5. The number of furan rings is 1. The van der Waals surface area contributed by atoms with Crippen LogP contribution in [0, 0.1) is 0 Å². The Morgan fingerprint density at radius 1 is 0.644 bits per heavy atom. The predicted molar refractivity (Wildman–Crippen MR) is 185 cm³/mol. The molecule has 45 heavy (non-hydrogen) atoms. The van der Waals surface area contributed by atoms with Crippen molar-refractivity contribution < 1.29 is 4.42 Å². The van der Waals surface area contributed by atoms with Gasteiger partial charge in [-0.15, -0.1) is 0 Å². The minimum atomic E-state index is -0.334. The Kier molecular flexibility index (Phi) is 5.05. The van der Waals surface area contributed by atoms with Crippen molar-refractivity contribution in [1.29, 1.82) is 0 Å². The molecule has 3 heterocycles. The Labute approximate surface area is 259 Å². The lowest BCUT2D eigenvalue weighted by atomic mass is 9.99. The number of aliphatic imine (C=N–C) groups is 2. The van der Waals surface area contributed by atoms with Crippen LogP contribution in [0.3, 0.4) is 0 Å². The fourth-order valence-electron chi connectivity index (χ4n) is 7.18. The van der Waals surface area contributed by atoms with E-state index >= 15 is 0 Å². The molecule has 3 aliphatic rings. The van der Waals surface area contributed by atoms with Crippen molar-refractivity contribution in [3.8, 4) is 22.3 Å². The summed E-state index contributed by atoms with van der Waals surface area (Å²) in [5.74, 6) is 2.27. The molecule has 0 bridgehead atoms. The molecule has 0 saturated carbocycles. The summed E-state index contributed by atoms with van der Waals surface area (Å²) < 4.78 is 6.22. The molecule has 1 unspecified atom stereocenters. The molecule has 10 rings (SSSR count). The summed E-state index contributed by atoms with van der Waals surface area (Å²) in [6.07, 6.45) is 3.92. The van der Waals surface area contributed by atoms with Gasteiger partial charge in [0.2, 0.25) is 5.88 Å². The van der Waals surface area contributed by atoms with Crippen molar-refractivity contribution in [2.75, 3.05) is 11.9 Å². The Morgan fingerprint density at radius 2 is 1.44 bits per heavy atom. The summed E-state index contributed by atoms with van der Waals surface area (Å²) in [4.78, 5) is 10.5. The molecular weight excluding hydrogens is 552 g/mol. The van der Waals surface area contributed by atoms with E-state index in [9.17, 15) is 0 Å². The van der Waals surface area contributed by atoms with Gasteiger partial charge < -0.3 is 15.1 Å². The van der Waals surface area contributed by atoms with Gasteiger partial charge >= 0.3 is 0 Å². The van der Waals surface area contributed by atoms with E-state index in [0.29, 0.717) is 5.84 Å². The van der Waals surface area contributed by atoms with E-state index in [4.69, 9.17) is 14.4 Å². The molecule has 0 spiro atoms. The summed E-state index contributed by atoms with van der Waals surface area (Å²) >= 11 is 0. The van der Waals surface area contributed by atoms with E-state index in [2.05, 4.69) is 126 Å². The van der Waals surface area contributed by atoms with Crippen molar-refractivity contribution in [3.63, 3.8) is 0 Å². The first-order valence-electron chi connectivity index (χ1n) is 15.3. The molecule has 1 aliphatic carbocycles. The highest BCUT2D eigenvalue weighted by Gasteiger charge is 2.27. The zero-order valence-corrected chi connectivity index (χ0v) is 24.2. The van der Waals surface area contributed by atoms with Gasteiger partial charge in [-0.3, -0.25) is 0 Å². The molecule has 2 aliphatic heterocycles. The van der Waals surface area contributed by atoms with E-state index in [0.717, 1.165) is 51.5 Å². The topological polar surface area (TPSA) is 61.9 Å². The zero-order chi connectivity index (χ0) is 29.5. The molecule has 5 heteroatoms. The van der Waals surface area contributed by atoms with Crippen molar-refractivity contribution in [3.05, 3.63) is 144 Å². The van der Waals surface area contributed by atoms with Crippen LogP contribution in [0.25, 0.3) is 60.8 Å². The lowest BCUT2D eigenvalue weighted by molar-refractivity contribution is 0.628. The van der Waals surface area contributed by atoms with Crippen LogP contribution in [0.15, 0.2) is 136 Å². The van der Waals surface area contributed by atoms with Gasteiger partial charge in [0, 0.05) is 28.6 Å². The van der Waals surface area contributed by atoms with Gasteiger partial charge in [0.1, 0.15) is 17.6 Å². The number of nitrogens with zero attached hydrogens (tertiary/aromatic N) is 2. The van der Waals surface area contributed by atoms with Crippen LogP contribution >= 0.6 is 0 Å². The van der Waals surface area contributed by atoms with Crippen LogP contribution in [0.4, 0.5) is 5.88 Å². The molecule has 6 aromatic carbocycles. The summed E-state index contributed by atoms with van der Waals surface area (Å²) in [5.41, 5.74) is 10.0. The van der Waals surface area contributed by atoms with Crippen molar-refractivity contribution in [1.82, 2.24) is 5.32 Å². The van der Waals surface area contributed by atoms with Crippen LogP contribution in [0.2, 0.25) is 0 Å². The minimum Gasteiger partial charge on any atom is -0.440 e. The van der Waals surface area contributed by atoms with E-state index < -0.39 is 0 Å². The van der Waals surface area contributed by atoms with E-state index in [1.54, 1.807) is 0 Å². The van der Waals surface area contributed by atoms with Crippen molar-refractivity contribution in [2.45, 2.75) is 6.17 Å². The quantitative estimate of drug-likeness (QED) is 0.220. The molecule has 2 N–H and O–H groups in total. The largest absolute Gasteiger partial charge is 0.440 e. The molecule has 1 aromatic heterocycles. The maximum Gasteiger partial charge on any atom is 0.201 e. The van der Waals surface area contributed by atoms with Gasteiger partial charge in [-0.1, -0.05) is 109 Å². The molecule has 0 fully saturated rings. The lowest BCUT2D eigenvalue weighted by Gasteiger charge is -2.24. The SMILES string of the molecule is C1=Cc2c(oc3cccc(C4=NC(c5ccc6c(c5)-c5cccc7cccc-6c57)NC(c5ccc6ccccc6c5)=N4)c23)NC1. The summed E-state index contributed by atoms with van der Waals surface area (Å²) in [6.45, 7) is 0.745. The normalized spacial score (nSPS) is 16.2. The highest BCUT2D eigenvalue weighted by molar-refractivity contribution is 6.19. The van der Waals surface area contributed by atoms with Gasteiger partial charge in [0.25, 0.3) is 0 Å². The maximum absolute atomic E-state index is 6.22. The van der Waals surface area contributed by atoms with Gasteiger partial charge in [-0.05, 0) is 67.6 Å². The molecule has 0 radical (unpaired) electrons. The van der Waals surface area contributed by atoms with Crippen molar-refractivity contribution in [2.24, 2.45) is 9.98 Å². The highest BCUT2D eigenvalue weighted by atomic mass is 16.3. The van der Waals surface area contributed by atoms with Crippen LogP contribution in [0.5, 0.6) is 0 Å². The number of hydrogen-bond donors (Lipinski definition) is 2. The third-order valence-corrected chi connectivity index (χ3v) is 9.27. The number of nitrogens with one attached hydrogen (secondary N) is 2. The molecule has 0 saturated heterocycles. The first-order chi connectivity index (χ1) is 22.3. The monoisotopic (exact) mass is 578 g/mol. The van der Waals surface area contributed by atoms with Gasteiger partial charge in [-0.25, -0.2) is 9.98 Å². The smallest absolute Gasteiger partial charge is 0.201 e. The van der Waals surface area contributed by atoms with Gasteiger partial charge in [0.05, 0.1) is 0 Å². The first-order valence-corrected chi connectivity index (χ1v) is 15.3. The number of hydrogen-bond acceptors (Lipinski definition) is 5. The number of amidine groups is 2. The zero-order valence-electron chi connectivity index (χ0n) is 24.2. The number of benzene rings is 6. The summed E-state index contributed by atoms with van der Waals surface area (Å²) in [5, 5.41) is 13.1.